The summed E-state index contributed by atoms with van der Waals surface area (Å²) in [6.07, 6.45) is 3.64. The Morgan fingerprint density at radius 2 is 1.96 bits per heavy atom. The Hall–Kier alpha value is -1.62. The minimum absolute atomic E-state index is 0.351. The van der Waals surface area contributed by atoms with Crippen molar-refractivity contribution < 1.29 is 9.53 Å². The highest BCUT2D eigenvalue weighted by Crippen LogP contribution is 2.36. The number of hydrogen-bond donors (Lipinski definition) is 0. The van der Waals surface area contributed by atoms with Crippen molar-refractivity contribution in [1.29, 1.82) is 0 Å². The molecule has 0 bridgehead atoms. The molecule has 1 aromatic carbocycles. The van der Waals surface area contributed by atoms with Crippen molar-refractivity contribution in [2.24, 2.45) is 0 Å². The van der Waals surface area contributed by atoms with Gasteiger partial charge in [0.1, 0.15) is 0 Å². The average Bonchev–Trinajstić information content (AvgIpc) is 2.59. The molecular formula is C19H23BrN2O2. The van der Waals surface area contributed by atoms with Gasteiger partial charge in [-0.05, 0) is 63.3 Å². The smallest absolute Gasteiger partial charge is 0.357 e. The van der Waals surface area contributed by atoms with Gasteiger partial charge in [0.2, 0.25) is 0 Å². The fourth-order valence-corrected chi connectivity index (χ4v) is 3.72. The molecule has 4 nitrogen and oxygen atoms in total. The van der Waals surface area contributed by atoms with E-state index in [9.17, 15) is 4.79 Å². The maximum Gasteiger partial charge on any atom is 0.357 e. The molecule has 0 amide bonds. The molecule has 0 atom stereocenters. The van der Waals surface area contributed by atoms with E-state index in [1.165, 1.54) is 24.8 Å². The van der Waals surface area contributed by atoms with Gasteiger partial charge in [0.05, 0.1) is 12.1 Å². The quantitative estimate of drug-likeness (QED) is 0.707. The molecule has 3 rings (SSSR count). The zero-order valence-electron chi connectivity index (χ0n) is 14.5. The van der Waals surface area contributed by atoms with Crippen molar-refractivity contribution >= 4 is 38.5 Å². The number of aromatic nitrogens is 1. The molecule has 2 heterocycles. The van der Waals surface area contributed by atoms with Gasteiger partial charge in [-0.25, -0.2) is 9.78 Å². The van der Waals surface area contributed by atoms with E-state index in [0.717, 1.165) is 39.7 Å². The van der Waals surface area contributed by atoms with Crippen LogP contribution in [0.15, 0.2) is 16.6 Å². The Labute approximate surface area is 151 Å². The summed E-state index contributed by atoms with van der Waals surface area (Å²) in [4.78, 5) is 19.2. The number of piperidine rings is 1. The van der Waals surface area contributed by atoms with Crippen LogP contribution in [0, 0.1) is 13.8 Å². The summed E-state index contributed by atoms with van der Waals surface area (Å²) >= 11 is 3.69. The second-order valence-corrected chi connectivity index (χ2v) is 7.11. The maximum atomic E-state index is 12.2. The van der Waals surface area contributed by atoms with Crippen molar-refractivity contribution in [3.63, 3.8) is 0 Å². The van der Waals surface area contributed by atoms with E-state index < -0.39 is 0 Å². The summed E-state index contributed by atoms with van der Waals surface area (Å²) in [5.74, 6) is -0.351. The van der Waals surface area contributed by atoms with Crippen LogP contribution in [0.25, 0.3) is 10.9 Å². The molecule has 128 valence electrons. The summed E-state index contributed by atoms with van der Waals surface area (Å²) in [5.41, 5.74) is 4.65. The minimum Gasteiger partial charge on any atom is -0.461 e. The molecule has 1 aliphatic rings. The zero-order valence-corrected chi connectivity index (χ0v) is 16.1. The summed E-state index contributed by atoms with van der Waals surface area (Å²) in [6, 6.07) is 3.95. The third-order valence-corrected chi connectivity index (χ3v) is 5.83. The molecule has 0 aliphatic carbocycles. The fourth-order valence-electron chi connectivity index (χ4n) is 3.41. The molecule has 0 spiro atoms. The van der Waals surface area contributed by atoms with E-state index in [2.05, 4.69) is 39.7 Å². The molecule has 5 heteroatoms. The van der Waals surface area contributed by atoms with Gasteiger partial charge < -0.3 is 9.64 Å². The first-order chi connectivity index (χ1) is 11.5. The van der Waals surface area contributed by atoms with Gasteiger partial charge in [-0.2, -0.15) is 0 Å². The highest BCUT2D eigenvalue weighted by Gasteiger charge is 2.21. The Balaban J connectivity index is 2.23. The van der Waals surface area contributed by atoms with Crippen LogP contribution in [0.1, 0.15) is 47.8 Å². The van der Waals surface area contributed by atoms with Crippen molar-refractivity contribution in [3.05, 3.63) is 33.4 Å². The molecule has 1 saturated heterocycles. The molecular weight excluding hydrogens is 368 g/mol. The molecule has 24 heavy (non-hydrogen) atoms. The van der Waals surface area contributed by atoms with E-state index in [1.54, 1.807) is 0 Å². The van der Waals surface area contributed by atoms with Crippen LogP contribution in [-0.4, -0.2) is 30.6 Å². The molecule has 0 radical (unpaired) electrons. The van der Waals surface area contributed by atoms with Crippen molar-refractivity contribution in [3.8, 4) is 0 Å². The number of carbonyl (C=O) groups excluding carboxylic acids is 1. The second kappa shape index (κ2) is 7.09. The number of fused-ring (bicyclic) bond motifs is 1. The van der Waals surface area contributed by atoms with Crippen LogP contribution >= 0.6 is 15.9 Å². The van der Waals surface area contributed by atoms with E-state index >= 15 is 0 Å². The predicted octanol–water partition coefficient (Wildman–Crippen LogP) is 4.78. The Morgan fingerprint density at radius 1 is 1.25 bits per heavy atom. The lowest BCUT2D eigenvalue weighted by molar-refractivity contribution is 0.0520. The molecule has 2 aromatic rings. The monoisotopic (exact) mass is 390 g/mol. The van der Waals surface area contributed by atoms with Crippen LogP contribution in [0.5, 0.6) is 0 Å². The lowest BCUT2D eigenvalue weighted by Crippen LogP contribution is -2.30. The molecule has 0 N–H and O–H groups in total. The number of aryl methyl sites for hydroxylation is 2. The summed E-state index contributed by atoms with van der Waals surface area (Å²) < 4.78 is 6.28. The van der Waals surface area contributed by atoms with E-state index in [1.807, 2.05) is 19.1 Å². The first-order valence-corrected chi connectivity index (χ1v) is 9.34. The third-order valence-electron chi connectivity index (χ3n) is 4.61. The van der Waals surface area contributed by atoms with Crippen molar-refractivity contribution in [2.45, 2.75) is 40.0 Å². The number of esters is 1. The van der Waals surface area contributed by atoms with Crippen LogP contribution in [0.2, 0.25) is 0 Å². The van der Waals surface area contributed by atoms with Gasteiger partial charge in [0.15, 0.2) is 5.69 Å². The van der Waals surface area contributed by atoms with Gasteiger partial charge in [-0.3, -0.25) is 0 Å². The normalized spacial score (nSPS) is 14.9. The van der Waals surface area contributed by atoms with Crippen molar-refractivity contribution in [1.82, 2.24) is 4.98 Å². The van der Waals surface area contributed by atoms with Gasteiger partial charge in [-0.1, -0.05) is 15.9 Å². The first kappa shape index (κ1) is 17.2. The van der Waals surface area contributed by atoms with Gasteiger partial charge >= 0.3 is 5.97 Å². The Bertz CT molecular complexity index is 783. The molecule has 1 fully saturated rings. The van der Waals surface area contributed by atoms with Gasteiger partial charge in [0, 0.05) is 28.6 Å². The molecule has 1 aromatic heterocycles. The predicted molar refractivity (Wildman–Crippen MR) is 101 cm³/mol. The highest BCUT2D eigenvalue weighted by atomic mass is 79.9. The number of pyridine rings is 1. The number of halogens is 1. The van der Waals surface area contributed by atoms with E-state index in [0.29, 0.717) is 12.3 Å². The molecule has 0 unspecified atom stereocenters. The maximum absolute atomic E-state index is 12.2. The van der Waals surface area contributed by atoms with Crippen LogP contribution in [-0.2, 0) is 4.74 Å². The van der Waals surface area contributed by atoms with E-state index in [-0.39, 0.29) is 5.97 Å². The number of anilines is 1. The topological polar surface area (TPSA) is 42.4 Å². The van der Waals surface area contributed by atoms with Crippen LogP contribution in [0.4, 0.5) is 5.69 Å². The third kappa shape index (κ3) is 3.14. The number of benzene rings is 1. The zero-order chi connectivity index (χ0) is 17.3. The Kier molecular flexibility index (Phi) is 5.09. The summed E-state index contributed by atoms with van der Waals surface area (Å²) in [6.45, 7) is 8.37. The van der Waals surface area contributed by atoms with E-state index in [4.69, 9.17) is 4.74 Å². The van der Waals surface area contributed by atoms with Gasteiger partial charge in [0.25, 0.3) is 0 Å². The summed E-state index contributed by atoms with van der Waals surface area (Å²) in [7, 11) is 0. The lowest BCUT2D eigenvalue weighted by atomic mass is 10.0. The number of hydrogen-bond acceptors (Lipinski definition) is 4. The van der Waals surface area contributed by atoms with Gasteiger partial charge in [-0.15, -0.1) is 0 Å². The molecule has 1 aliphatic heterocycles. The summed E-state index contributed by atoms with van der Waals surface area (Å²) in [5, 5.41) is 1.13. The average molecular weight is 391 g/mol. The van der Waals surface area contributed by atoms with Crippen LogP contribution in [0.3, 0.4) is 0 Å². The number of nitrogens with zero attached hydrogens (tertiary/aromatic N) is 2. The first-order valence-electron chi connectivity index (χ1n) is 8.55. The number of carbonyl (C=O) groups is 1. The number of ether oxygens (including phenoxy) is 1. The standard InChI is InChI=1S/C19H23BrN2O2/c1-4-24-19(23)15-11-16(22-8-6-5-7-9-22)17-13(3)18(20)12(2)10-14(17)21-15/h10-11H,4-9H2,1-3H3. The highest BCUT2D eigenvalue weighted by molar-refractivity contribution is 9.10. The fraction of sp³-hybridized carbons (Fsp3) is 0.474. The largest absolute Gasteiger partial charge is 0.461 e. The Morgan fingerprint density at radius 3 is 2.62 bits per heavy atom. The number of rotatable bonds is 3. The lowest BCUT2D eigenvalue weighted by Gasteiger charge is -2.30. The molecule has 0 saturated carbocycles. The van der Waals surface area contributed by atoms with Crippen molar-refractivity contribution in [2.75, 3.05) is 24.6 Å². The minimum atomic E-state index is -0.351. The van der Waals surface area contributed by atoms with Crippen LogP contribution < -0.4 is 4.90 Å². The second-order valence-electron chi connectivity index (χ2n) is 6.32. The SMILES string of the molecule is CCOC(=O)c1cc(N2CCCCC2)c2c(C)c(Br)c(C)cc2n1.